The summed E-state index contributed by atoms with van der Waals surface area (Å²) in [4.78, 5) is 25.9. The molecule has 0 unspecified atom stereocenters. The minimum absolute atomic E-state index is 0.0502. The van der Waals surface area contributed by atoms with Gasteiger partial charge in [-0.15, -0.1) is 0 Å². The van der Waals surface area contributed by atoms with Crippen LogP contribution in [0, 0.1) is 13.8 Å². The van der Waals surface area contributed by atoms with Crippen molar-refractivity contribution in [3.63, 3.8) is 0 Å². The average molecular weight is 418 g/mol. The number of amides is 2. The Kier molecular flexibility index (Phi) is 7.39. The fourth-order valence-electron chi connectivity index (χ4n) is 2.80. The number of aryl methyl sites for hydroxylation is 1. The highest BCUT2D eigenvalue weighted by atomic mass is 32.2. The first kappa shape index (κ1) is 22.4. The zero-order chi connectivity index (χ0) is 21.6. The van der Waals surface area contributed by atoms with Crippen molar-refractivity contribution in [1.82, 2.24) is 10.2 Å². The molecule has 156 valence electrons. The van der Waals surface area contributed by atoms with Crippen molar-refractivity contribution in [1.29, 1.82) is 0 Å². The van der Waals surface area contributed by atoms with Crippen molar-refractivity contribution < 1.29 is 18.0 Å². The molecule has 2 aromatic rings. The zero-order valence-corrected chi connectivity index (χ0v) is 18.0. The number of hydrogen-bond acceptors (Lipinski definition) is 4. The van der Waals surface area contributed by atoms with E-state index in [9.17, 15) is 18.0 Å². The number of nitrogens with zero attached hydrogens (tertiary/aromatic N) is 1. The van der Waals surface area contributed by atoms with Gasteiger partial charge in [0.25, 0.3) is 15.9 Å². The van der Waals surface area contributed by atoms with Gasteiger partial charge in [-0.1, -0.05) is 12.1 Å². The average Bonchev–Trinajstić information content (AvgIpc) is 2.70. The highest BCUT2D eigenvalue weighted by Crippen LogP contribution is 2.22. The zero-order valence-electron chi connectivity index (χ0n) is 17.2. The molecule has 2 N–H and O–H groups in total. The third-order valence-corrected chi connectivity index (χ3v) is 6.17. The molecule has 29 heavy (non-hydrogen) atoms. The summed E-state index contributed by atoms with van der Waals surface area (Å²) in [6.45, 7) is 8.54. The van der Waals surface area contributed by atoms with Crippen LogP contribution in [0.3, 0.4) is 0 Å². The Hall–Kier alpha value is -2.87. The molecule has 8 heteroatoms. The normalized spacial score (nSPS) is 11.0. The van der Waals surface area contributed by atoms with Crippen LogP contribution in [0.2, 0.25) is 0 Å². The second kappa shape index (κ2) is 9.56. The standard InChI is InChI=1S/C21H27N3O4S/c1-5-24(6-2)20(25)14-22-21(26)17-10-12-18(13-11-17)29(27,28)23-19-9-7-8-15(3)16(19)4/h7-13,23H,5-6,14H2,1-4H3,(H,22,26). The van der Waals surface area contributed by atoms with Crippen LogP contribution in [0.25, 0.3) is 0 Å². The lowest BCUT2D eigenvalue weighted by Crippen LogP contribution is -2.40. The third-order valence-electron chi connectivity index (χ3n) is 4.79. The molecule has 0 bridgehead atoms. The van der Waals surface area contributed by atoms with Crippen molar-refractivity contribution in [2.75, 3.05) is 24.4 Å². The summed E-state index contributed by atoms with van der Waals surface area (Å²) in [6.07, 6.45) is 0. The highest BCUT2D eigenvalue weighted by molar-refractivity contribution is 7.92. The van der Waals surface area contributed by atoms with Gasteiger partial charge in [0.2, 0.25) is 5.91 Å². The van der Waals surface area contributed by atoms with E-state index < -0.39 is 15.9 Å². The monoisotopic (exact) mass is 417 g/mol. The number of nitrogens with one attached hydrogen (secondary N) is 2. The van der Waals surface area contributed by atoms with E-state index in [0.717, 1.165) is 11.1 Å². The number of carbonyl (C=O) groups excluding carboxylic acids is 2. The van der Waals surface area contributed by atoms with E-state index in [-0.39, 0.29) is 22.9 Å². The largest absolute Gasteiger partial charge is 0.343 e. The Bertz CT molecular complexity index is 981. The maximum absolute atomic E-state index is 12.6. The van der Waals surface area contributed by atoms with E-state index in [1.807, 2.05) is 33.8 Å². The lowest BCUT2D eigenvalue weighted by atomic mass is 10.1. The van der Waals surface area contributed by atoms with Gasteiger partial charge in [-0.3, -0.25) is 14.3 Å². The maximum atomic E-state index is 12.6. The molecule has 0 aliphatic heterocycles. The van der Waals surface area contributed by atoms with E-state index in [4.69, 9.17) is 0 Å². The van der Waals surface area contributed by atoms with E-state index in [0.29, 0.717) is 18.8 Å². The van der Waals surface area contributed by atoms with Crippen LogP contribution < -0.4 is 10.0 Å². The van der Waals surface area contributed by atoms with Crippen molar-refractivity contribution in [3.8, 4) is 0 Å². The van der Waals surface area contributed by atoms with E-state index in [1.54, 1.807) is 17.0 Å². The fourth-order valence-corrected chi connectivity index (χ4v) is 3.92. The molecule has 0 saturated carbocycles. The van der Waals surface area contributed by atoms with E-state index in [1.165, 1.54) is 24.3 Å². The first-order chi connectivity index (χ1) is 13.7. The topological polar surface area (TPSA) is 95.6 Å². The summed E-state index contributed by atoms with van der Waals surface area (Å²) >= 11 is 0. The van der Waals surface area contributed by atoms with Crippen molar-refractivity contribution in [3.05, 3.63) is 59.2 Å². The molecule has 2 amide bonds. The van der Waals surface area contributed by atoms with Gasteiger partial charge >= 0.3 is 0 Å². The van der Waals surface area contributed by atoms with Gasteiger partial charge < -0.3 is 10.2 Å². The predicted octanol–water partition coefficient (Wildman–Crippen LogP) is 2.70. The van der Waals surface area contributed by atoms with Crippen LogP contribution in [0.4, 0.5) is 5.69 Å². The van der Waals surface area contributed by atoms with Crippen molar-refractivity contribution in [2.45, 2.75) is 32.6 Å². The molecule has 0 spiro atoms. The molecule has 0 aliphatic carbocycles. The minimum atomic E-state index is -3.78. The summed E-state index contributed by atoms with van der Waals surface area (Å²) in [5, 5.41) is 2.56. The molecule has 0 aromatic heterocycles. The number of sulfonamides is 1. The molecular formula is C21H27N3O4S. The summed E-state index contributed by atoms with van der Waals surface area (Å²) in [5.41, 5.74) is 2.63. The molecule has 2 aromatic carbocycles. The Morgan fingerprint density at radius 3 is 2.17 bits per heavy atom. The molecule has 7 nitrogen and oxygen atoms in total. The lowest BCUT2D eigenvalue weighted by Gasteiger charge is -2.18. The Morgan fingerprint density at radius 2 is 1.59 bits per heavy atom. The van der Waals surface area contributed by atoms with Crippen molar-refractivity contribution >= 4 is 27.5 Å². The second-order valence-corrected chi connectivity index (χ2v) is 8.31. The molecule has 0 saturated heterocycles. The van der Waals surface area contributed by atoms with Gasteiger partial charge in [0, 0.05) is 18.7 Å². The van der Waals surface area contributed by atoms with Crippen molar-refractivity contribution in [2.24, 2.45) is 0 Å². The molecule has 0 radical (unpaired) electrons. The van der Waals surface area contributed by atoms with Crippen LogP contribution in [0.15, 0.2) is 47.4 Å². The van der Waals surface area contributed by atoms with Gasteiger partial charge in [-0.2, -0.15) is 0 Å². The van der Waals surface area contributed by atoms with Crippen LogP contribution in [0.1, 0.15) is 35.3 Å². The number of anilines is 1. The van der Waals surface area contributed by atoms with E-state index in [2.05, 4.69) is 10.0 Å². The molecule has 0 heterocycles. The number of rotatable bonds is 8. The predicted molar refractivity (Wildman–Crippen MR) is 113 cm³/mol. The summed E-state index contributed by atoms with van der Waals surface area (Å²) in [5.74, 6) is -0.600. The number of carbonyl (C=O) groups is 2. The van der Waals surface area contributed by atoms with Crippen LogP contribution >= 0.6 is 0 Å². The summed E-state index contributed by atoms with van der Waals surface area (Å²) in [7, 11) is -3.78. The Balaban J connectivity index is 2.08. The Labute approximate surface area is 172 Å². The minimum Gasteiger partial charge on any atom is -0.343 e. The van der Waals surface area contributed by atoms with Gasteiger partial charge in [0.05, 0.1) is 17.1 Å². The van der Waals surface area contributed by atoms with Gasteiger partial charge in [-0.05, 0) is 69.2 Å². The molecular weight excluding hydrogens is 390 g/mol. The van der Waals surface area contributed by atoms with Crippen LogP contribution in [-0.2, 0) is 14.8 Å². The smallest absolute Gasteiger partial charge is 0.261 e. The summed E-state index contributed by atoms with van der Waals surface area (Å²) < 4.78 is 27.9. The van der Waals surface area contributed by atoms with Crippen LogP contribution in [0.5, 0.6) is 0 Å². The van der Waals surface area contributed by atoms with Crippen LogP contribution in [-0.4, -0.2) is 44.8 Å². The molecule has 0 aliphatic rings. The first-order valence-electron chi connectivity index (χ1n) is 9.44. The van der Waals surface area contributed by atoms with E-state index >= 15 is 0 Å². The van der Waals surface area contributed by atoms with Gasteiger partial charge in [0.15, 0.2) is 0 Å². The molecule has 2 rings (SSSR count). The second-order valence-electron chi connectivity index (χ2n) is 6.63. The van der Waals surface area contributed by atoms with Gasteiger partial charge in [0.1, 0.15) is 0 Å². The number of benzene rings is 2. The third kappa shape index (κ3) is 5.57. The lowest BCUT2D eigenvalue weighted by molar-refractivity contribution is -0.129. The first-order valence-corrected chi connectivity index (χ1v) is 10.9. The van der Waals surface area contributed by atoms with Gasteiger partial charge in [-0.25, -0.2) is 8.42 Å². The SMILES string of the molecule is CCN(CC)C(=O)CNC(=O)c1ccc(S(=O)(=O)Nc2cccc(C)c2C)cc1. The summed E-state index contributed by atoms with van der Waals surface area (Å²) in [6, 6.07) is 11.0. The highest BCUT2D eigenvalue weighted by Gasteiger charge is 2.17. The quantitative estimate of drug-likeness (QED) is 0.690. The number of likely N-dealkylation sites (N-methyl/N-ethyl adjacent to an activating group) is 1. The Morgan fingerprint density at radius 1 is 0.966 bits per heavy atom. The number of hydrogen-bond donors (Lipinski definition) is 2. The molecule has 0 atom stereocenters. The molecule has 0 fully saturated rings. The fraction of sp³-hybridized carbons (Fsp3) is 0.333. The maximum Gasteiger partial charge on any atom is 0.261 e.